The van der Waals surface area contributed by atoms with Crippen molar-refractivity contribution in [1.82, 2.24) is 14.8 Å². The number of piperazine rings is 1. The maximum atomic E-state index is 12.7. The van der Waals surface area contributed by atoms with Crippen LogP contribution in [0.25, 0.3) is 0 Å². The average Bonchev–Trinajstić information content (AvgIpc) is 2.40. The van der Waals surface area contributed by atoms with Crippen molar-refractivity contribution < 1.29 is 4.79 Å². The van der Waals surface area contributed by atoms with Crippen molar-refractivity contribution >= 4 is 23.3 Å². The molecule has 116 valence electrons. The number of carbonyl (C=O) groups excluding carboxylic acids is 1. The summed E-state index contributed by atoms with van der Waals surface area (Å²) in [7, 11) is 2.09. The van der Waals surface area contributed by atoms with Gasteiger partial charge in [0.25, 0.3) is 5.91 Å². The van der Waals surface area contributed by atoms with Gasteiger partial charge in [-0.15, -0.1) is 0 Å². The topological polar surface area (TPSA) is 48.5 Å². The monoisotopic (exact) mass is 310 g/mol. The summed E-state index contributed by atoms with van der Waals surface area (Å²) < 4.78 is 0. The smallest absolute Gasteiger partial charge is 0.254 e. The Bertz CT molecular complexity index is 532. The van der Waals surface area contributed by atoms with Crippen LogP contribution in [0.4, 0.5) is 5.82 Å². The predicted octanol–water partition coefficient (Wildman–Crippen LogP) is 2.33. The molecule has 1 aliphatic heterocycles. The Kier molecular flexibility index (Phi) is 4.74. The lowest BCUT2D eigenvalue weighted by Crippen LogP contribution is -2.58. The molecule has 0 aromatic carbocycles. The summed E-state index contributed by atoms with van der Waals surface area (Å²) in [4.78, 5) is 21.0. The minimum atomic E-state index is -0.0186. The second-order valence-electron chi connectivity index (χ2n) is 6.05. The molecule has 1 amide bonds. The number of nitrogens with one attached hydrogen (secondary N) is 1. The maximum Gasteiger partial charge on any atom is 0.254 e. The summed E-state index contributed by atoms with van der Waals surface area (Å²) in [6, 6.07) is 3.40. The van der Waals surface area contributed by atoms with Gasteiger partial charge in [0.05, 0.1) is 0 Å². The highest BCUT2D eigenvalue weighted by Gasteiger charge is 2.33. The second kappa shape index (κ2) is 6.20. The molecular weight excluding hydrogens is 288 g/mol. The molecule has 1 N–H and O–H groups in total. The van der Waals surface area contributed by atoms with Gasteiger partial charge in [-0.2, -0.15) is 0 Å². The molecule has 0 spiro atoms. The lowest BCUT2D eigenvalue weighted by atomic mass is 9.99. The molecule has 0 saturated carbocycles. The van der Waals surface area contributed by atoms with Gasteiger partial charge in [0.1, 0.15) is 11.0 Å². The van der Waals surface area contributed by atoms with Crippen molar-refractivity contribution in [1.29, 1.82) is 0 Å². The zero-order valence-electron chi connectivity index (χ0n) is 13.1. The fraction of sp³-hybridized carbons (Fsp3) is 0.600. The van der Waals surface area contributed by atoms with Gasteiger partial charge in [-0.3, -0.25) is 9.69 Å². The lowest BCUT2D eigenvalue weighted by molar-refractivity contribution is 0.0311. The minimum Gasteiger partial charge on any atom is -0.370 e. The van der Waals surface area contributed by atoms with E-state index in [0.29, 0.717) is 23.1 Å². The first-order valence-corrected chi connectivity index (χ1v) is 7.63. The Morgan fingerprint density at radius 3 is 2.76 bits per heavy atom. The average molecular weight is 311 g/mol. The summed E-state index contributed by atoms with van der Waals surface area (Å²) in [5, 5.41) is 3.43. The van der Waals surface area contributed by atoms with E-state index in [0.717, 1.165) is 19.6 Å². The highest BCUT2D eigenvalue weighted by Crippen LogP contribution is 2.22. The van der Waals surface area contributed by atoms with Crippen molar-refractivity contribution in [2.75, 3.05) is 38.5 Å². The van der Waals surface area contributed by atoms with Crippen LogP contribution in [0.5, 0.6) is 0 Å². The molecule has 1 fully saturated rings. The Balaban J connectivity index is 2.20. The molecule has 1 saturated heterocycles. The van der Waals surface area contributed by atoms with Gasteiger partial charge in [0.2, 0.25) is 0 Å². The summed E-state index contributed by atoms with van der Waals surface area (Å²) in [6.45, 7) is 9.33. The van der Waals surface area contributed by atoms with Crippen molar-refractivity contribution in [3.8, 4) is 0 Å². The molecule has 0 atom stereocenters. The van der Waals surface area contributed by atoms with Crippen LogP contribution in [0.3, 0.4) is 0 Å². The highest BCUT2D eigenvalue weighted by atomic mass is 35.5. The van der Waals surface area contributed by atoms with Gasteiger partial charge < -0.3 is 10.2 Å². The molecule has 2 heterocycles. The van der Waals surface area contributed by atoms with E-state index in [1.807, 2.05) is 11.8 Å². The van der Waals surface area contributed by atoms with Crippen LogP contribution >= 0.6 is 11.6 Å². The van der Waals surface area contributed by atoms with Crippen molar-refractivity contribution in [2.45, 2.75) is 26.3 Å². The van der Waals surface area contributed by atoms with E-state index in [-0.39, 0.29) is 11.4 Å². The van der Waals surface area contributed by atoms with Crippen LogP contribution in [0.15, 0.2) is 12.1 Å². The third-order valence-corrected chi connectivity index (χ3v) is 4.20. The predicted molar refractivity (Wildman–Crippen MR) is 86.0 cm³/mol. The number of likely N-dealkylation sites (N-methyl/N-ethyl adjacent to an activating group) is 1. The number of aromatic nitrogens is 1. The number of halogens is 1. The molecule has 1 aromatic heterocycles. The lowest BCUT2D eigenvalue weighted by Gasteiger charge is -2.45. The SMILES string of the molecule is CCNc1cc(C(=O)N2CCN(C)C(C)(C)C2)cc(Cl)n1. The number of rotatable bonds is 3. The number of anilines is 1. The first-order valence-electron chi connectivity index (χ1n) is 7.25. The molecular formula is C15H23ClN4O. The summed E-state index contributed by atoms with van der Waals surface area (Å²) >= 11 is 6.02. The first kappa shape index (κ1) is 16.0. The zero-order chi connectivity index (χ0) is 15.6. The van der Waals surface area contributed by atoms with Gasteiger partial charge in [0, 0.05) is 37.3 Å². The fourth-order valence-electron chi connectivity index (χ4n) is 2.49. The van der Waals surface area contributed by atoms with Crippen molar-refractivity contribution in [3.63, 3.8) is 0 Å². The Morgan fingerprint density at radius 2 is 2.14 bits per heavy atom. The standard InChI is InChI=1S/C15H23ClN4O/c1-5-17-13-9-11(8-12(16)18-13)14(21)20-7-6-19(4)15(2,3)10-20/h8-9H,5-7,10H2,1-4H3,(H,17,18). The van der Waals surface area contributed by atoms with Crippen LogP contribution in [-0.2, 0) is 0 Å². The highest BCUT2D eigenvalue weighted by molar-refractivity contribution is 6.29. The molecule has 0 unspecified atom stereocenters. The van der Waals surface area contributed by atoms with Crippen LogP contribution < -0.4 is 5.32 Å². The number of hydrogen-bond donors (Lipinski definition) is 1. The molecule has 1 aromatic rings. The van der Waals surface area contributed by atoms with E-state index in [9.17, 15) is 4.79 Å². The molecule has 0 bridgehead atoms. The second-order valence-corrected chi connectivity index (χ2v) is 6.44. The van der Waals surface area contributed by atoms with E-state index in [1.165, 1.54) is 0 Å². The van der Waals surface area contributed by atoms with Crippen molar-refractivity contribution in [2.24, 2.45) is 0 Å². The number of carbonyl (C=O) groups is 1. The molecule has 0 aliphatic carbocycles. The van der Waals surface area contributed by atoms with Crippen LogP contribution in [0.1, 0.15) is 31.1 Å². The largest absolute Gasteiger partial charge is 0.370 e. The molecule has 6 heteroatoms. The minimum absolute atomic E-state index is 0.0135. The van der Waals surface area contributed by atoms with Gasteiger partial charge >= 0.3 is 0 Å². The third kappa shape index (κ3) is 3.66. The summed E-state index contributed by atoms with van der Waals surface area (Å²) in [6.07, 6.45) is 0. The van der Waals surface area contributed by atoms with Gasteiger partial charge in [-0.05, 0) is 40.0 Å². The molecule has 1 aliphatic rings. The number of amides is 1. The molecule has 21 heavy (non-hydrogen) atoms. The Morgan fingerprint density at radius 1 is 1.43 bits per heavy atom. The maximum absolute atomic E-state index is 12.7. The van der Waals surface area contributed by atoms with E-state index in [2.05, 4.69) is 36.1 Å². The Hall–Kier alpha value is -1.33. The van der Waals surface area contributed by atoms with E-state index in [1.54, 1.807) is 12.1 Å². The number of nitrogens with zero attached hydrogens (tertiary/aromatic N) is 3. The normalized spacial score (nSPS) is 18.6. The number of hydrogen-bond acceptors (Lipinski definition) is 4. The van der Waals surface area contributed by atoms with E-state index in [4.69, 9.17) is 11.6 Å². The third-order valence-electron chi connectivity index (χ3n) is 4.00. The fourth-order valence-corrected chi connectivity index (χ4v) is 2.70. The summed E-state index contributed by atoms with van der Waals surface area (Å²) in [5.74, 6) is 0.654. The van der Waals surface area contributed by atoms with E-state index < -0.39 is 0 Å². The number of pyridine rings is 1. The van der Waals surface area contributed by atoms with Crippen molar-refractivity contribution in [3.05, 3.63) is 22.8 Å². The van der Waals surface area contributed by atoms with Gasteiger partial charge in [-0.1, -0.05) is 11.6 Å². The first-order chi connectivity index (χ1) is 9.83. The van der Waals surface area contributed by atoms with Gasteiger partial charge in [-0.25, -0.2) is 4.98 Å². The van der Waals surface area contributed by atoms with Gasteiger partial charge in [0.15, 0.2) is 0 Å². The molecule has 5 nitrogen and oxygen atoms in total. The quantitative estimate of drug-likeness (QED) is 0.871. The molecule has 0 radical (unpaired) electrons. The van der Waals surface area contributed by atoms with Crippen LogP contribution in [0, 0.1) is 0 Å². The Labute approximate surface area is 131 Å². The van der Waals surface area contributed by atoms with Crippen LogP contribution in [0.2, 0.25) is 5.15 Å². The molecule has 2 rings (SSSR count). The summed E-state index contributed by atoms with van der Waals surface area (Å²) in [5.41, 5.74) is 0.571. The zero-order valence-corrected chi connectivity index (χ0v) is 13.9. The van der Waals surface area contributed by atoms with E-state index >= 15 is 0 Å². The van der Waals surface area contributed by atoms with Crippen LogP contribution in [-0.4, -0.2) is 59.5 Å².